The van der Waals surface area contributed by atoms with Gasteiger partial charge in [-0.1, -0.05) is 11.6 Å². The van der Waals surface area contributed by atoms with E-state index in [1.807, 2.05) is 0 Å². The second kappa shape index (κ2) is 11.5. The summed E-state index contributed by atoms with van der Waals surface area (Å²) in [6.45, 7) is -0.435. The number of rotatable bonds is 10. The largest absolute Gasteiger partial charge is 0.573 e. The third kappa shape index (κ3) is 8.98. The van der Waals surface area contributed by atoms with Crippen LogP contribution in [-0.4, -0.2) is 49.1 Å². The molecular weight excluding hydrogens is 460 g/mol. The predicted octanol–water partition coefficient (Wildman–Crippen LogP) is 3.05. The molecule has 1 atom stereocenters. The van der Waals surface area contributed by atoms with Gasteiger partial charge in [0.1, 0.15) is 17.3 Å². The van der Waals surface area contributed by atoms with Crippen molar-refractivity contribution in [3.63, 3.8) is 0 Å². The highest BCUT2D eigenvalue weighted by Gasteiger charge is 2.31. The lowest BCUT2D eigenvalue weighted by molar-refractivity contribution is -0.274. The van der Waals surface area contributed by atoms with Gasteiger partial charge in [-0.05, 0) is 42.8 Å². The molecule has 2 amide bonds. The zero-order chi connectivity index (χ0) is 23.7. The highest BCUT2D eigenvalue weighted by molar-refractivity contribution is 6.30. The first-order chi connectivity index (χ1) is 15.0. The first-order valence-electron chi connectivity index (χ1n) is 9.20. The Balaban J connectivity index is 1.65. The Morgan fingerprint density at radius 2 is 1.72 bits per heavy atom. The molecule has 12 heteroatoms. The minimum absolute atomic E-state index is 0.0737. The maximum absolute atomic E-state index is 13.3. The summed E-state index contributed by atoms with van der Waals surface area (Å²) in [6, 6.07) is 8.02. The molecule has 0 radical (unpaired) electrons. The Morgan fingerprint density at radius 3 is 2.34 bits per heavy atom. The summed E-state index contributed by atoms with van der Waals surface area (Å²) < 4.78 is 58.5. The Morgan fingerprint density at radius 1 is 1.06 bits per heavy atom. The zero-order valence-corrected chi connectivity index (χ0v) is 17.2. The van der Waals surface area contributed by atoms with E-state index in [0.717, 1.165) is 30.3 Å². The van der Waals surface area contributed by atoms with E-state index in [-0.39, 0.29) is 42.5 Å². The number of hydrogen-bond donors (Lipinski definition) is 3. The number of aliphatic hydroxyl groups excluding tert-OH is 1. The average Bonchev–Trinajstić information content (AvgIpc) is 2.72. The van der Waals surface area contributed by atoms with Crippen molar-refractivity contribution in [3.05, 3.63) is 58.9 Å². The van der Waals surface area contributed by atoms with E-state index in [0.29, 0.717) is 0 Å². The number of hydrogen-bond acceptors (Lipinski definition) is 5. The molecule has 1 unspecified atom stereocenters. The number of benzene rings is 2. The van der Waals surface area contributed by atoms with Crippen LogP contribution in [0.15, 0.2) is 42.5 Å². The van der Waals surface area contributed by atoms with Gasteiger partial charge in [0.05, 0.1) is 11.1 Å². The quantitative estimate of drug-likeness (QED) is 0.456. The molecule has 0 aromatic heterocycles. The van der Waals surface area contributed by atoms with Gasteiger partial charge >= 0.3 is 6.36 Å². The van der Waals surface area contributed by atoms with E-state index >= 15 is 0 Å². The van der Waals surface area contributed by atoms with Crippen LogP contribution in [0.1, 0.15) is 16.8 Å². The summed E-state index contributed by atoms with van der Waals surface area (Å²) in [5.41, 5.74) is 0.0795. The highest BCUT2D eigenvalue weighted by atomic mass is 35.5. The SMILES string of the molecule is O=C(COc1ccc(Cl)c(F)c1)NCCC(O)CNC(=O)c1ccc(OC(F)(F)F)cc1. The molecule has 0 spiro atoms. The molecule has 0 heterocycles. The number of carbonyl (C=O) groups is 2. The van der Waals surface area contributed by atoms with Gasteiger partial charge in [-0.3, -0.25) is 9.59 Å². The Labute approximate surface area is 185 Å². The third-order valence-corrected chi connectivity index (χ3v) is 4.22. The Hall–Kier alpha value is -3.05. The number of ether oxygens (including phenoxy) is 2. The van der Waals surface area contributed by atoms with Crippen molar-refractivity contribution >= 4 is 23.4 Å². The summed E-state index contributed by atoms with van der Waals surface area (Å²) >= 11 is 5.55. The molecule has 0 aliphatic rings. The fraction of sp³-hybridized carbons (Fsp3) is 0.300. The Bertz CT molecular complexity index is 925. The molecular formula is C20H19ClF4N2O5. The summed E-state index contributed by atoms with van der Waals surface area (Å²) in [6.07, 6.45) is -5.71. The second-order valence-corrected chi connectivity index (χ2v) is 6.85. The number of alkyl halides is 3. The van der Waals surface area contributed by atoms with Crippen LogP contribution in [0.25, 0.3) is 0 Å². The van der Waals surface area contributed by atoms with Crippen LogP contribution >= 0.6 is 11.6 Å². The lowest BCUT2D eigenvalue weighted by Crippen LogP contribution is -2.36. The van der Waals surface area contributed by atoms with Gasteiger partial charge in [0.15, 0.2) is 6.61 Å². The van der Waals surface area contributed by atoms with Gasteiger partial charge < -0.3 is 25.2 Å². The molecule has 0 saturated heterocycles. The van der Waals surface area contributed by atoms with Gasteiger partial charge in [-0.2, -0.15) is 0 Å². The van der Waals surface area contributed by atoms with Crippen molar-refractivity contribution in [1.29, 1.82) is 0 Å². The van der Waals surface area contributed by atoms with Crippen molar-refractivity contribution in [2.24, 2.45) is 0 Å². The number of carbonyl (C=O) groups excluding carboxylic acids is 2. The predicted molar refractivity (Wildman–Crippen MR) is 106 cm³/mol. The summed E-state index contributed by atoms with van der Waals surface area (Å²) in [5.74, 6) is -2.12. The number of aliphatic hydroxyl groups is 1. The monoisotopic (exact) mass is 478 g/mol. The Kier molecular flexibility index (Phi) is 9.09. The van der Waals surface area contributed by atoms with Crippen LogP contribution < -0.4 is 20.1 Å². The van der Waals surface area contributed by atoms with E-state index in [9.17, 15) is 32.3 Å². The molecule has 0 aliphatic carbocycles. The third-order valence-electron chi connectivity index (χ3n) is 3.91. The first-order valence-corrected chi connectivity index (χ1v) is 9.58. The summed E-state index contributed by atoms with van der Waals surface area (Å²) in [5, 5.41) is 14.7. The summed E-state index contributed by atoms with van der Waals surface area (Å²) in [7, 11) is 0. The van der Waals surface area contributed by atoms with Crippen LogP contribution in [0.2, 0.25) is 5.02 Å². The number of nitrogens with one attached hydrogen (secondary N) is 2. The molecule has 0 saturated carbocycles. The van der Waals surface area contributed by atoms with Crippen molar-refractivity contribution in [3.8, 4) is 11.5 Å². The van der Waals surface area contributed by atoms with Crippen molar-refractivity contribution in [2.75, 3.05) is 19.7 Å². The topological polar surface area (TPSA) is 96.9 Å². The molecule has 0 bridgehead atoms. The molecule has 0 fully saturated rings. The maximum Gasteiger partial charge on any atom is 0.573 e. The van der Waals surface area contributed by atoms with Gasteiger partial charge in [0.2, 0.25) is 0 Å². The first kappa shape index (κ1) is 25.2. The van der Waals surface area contributed by atoms with Crippen LogP contribution in [-0.2, 0) is 4.79 Å². The van der Waals surface area contributed by atoms with Crippen LogP contribution in [0, 0.1) is 5.82 Å². The van der Waals surface area contributed by atoms with E-state index < -0.39 is 35.8 Å². The van der Waals surface area contributed by atoms with Gasteiger partial charge in [0, 0.05) is 24.7 Å². The fourth-order valence-electron chi connectivity index (χ4n) is 2.37. The van der Waals surface area contributed by atoms with E-state index in [1.165, 1.54) is 12.1 Å². The molecule has 2 rings (SSSR count). The minimum Gasteiger partial charge on any atom is -0.484 e. The van der Waals surface area contributed by atoms with Gasteiger partial charge in [-0.15, -0.1) is 13.2 Å². The molecule has 32 heavy (non-hydrogen) atoms. The average molecular weight is 479 g/mol. The minimum atomic E-state index is -4.83. The van der Waals surface area contributed by atoms with Crippen LogP contribution in [0.3, 0.4) is 0 Å². The zero-order valence-electron chi connectivity index (χ0n) is 16.4. The van der Waals surface area contributed by atoms with E-state index in [1.54, 1.807) is 0 Å². The molecule has 3 N–H and O–H groups in total. The van der Waals surface area contributed by atoms with Crippen molar-refractivity contribution in [2.45, 2.75) is 18.9 Å². The highest BCUT2D eigenvalue weighted by Crippen LogP contribution is 2.23. The lowest BCUT2D eigenvalue weighted by atomic mass is 10.2. The smallest absolute Gasteiger partial charge is 0.484 e. The van der Waals surface area contributed by atoms with Crippen molar-refractivity contribution < 1.29 is 41.7 Å². The van der Waals surface area contributed by atoms with Crippen molar-refractivity contribution in [1.82, 2.24) is 10.6 Å². The van der Waals surface area contributed by atoms with E-state index in [4.69, 9.17) is 16.3 Å². The standard InChI is InChI=1S/C20H19ClF4N2O5/c21-16-6-5-15(9-17(16)22)31-11-18(29)26-8-7-13(28)10-27-19(30)12-1-3-14(4-2-12)32-20(23,24)25/h1-6,9,13,28H,7-8,10-11H2,(H,26,29)(H,27,30). The number of amides is 2. The molecule has 174 valence electrons. The molecule has 0 aliphatic heterocycles. The summed E-state index contributed by atoms with van der Waals surface area (Å²) in [4.78, 5) is 23.7. The second-order valence-electron chi connectivity index (χ2n) is 6.44. The normalized spacial score (nSPS) is 12.1. The lowest BCUT2D eigenvalue weighted by Gasteiger charge is -2.13. The van der Waals surface area contributed by atoms with Gasteiger partial charge in [0.25, 0.3) is 11.8 Å². The fourth-order valence-corrected chi connectivity index (χ4v) is 2.48. The number of halogens is 5. The molecule has 2 aromatic rings. The van der Waals surface area contributed by atoms with Crippen LogP contribution in [0.4, 0.5) is 17.6 Å². The van der Waals surface area contributed by atoms with Crippen LogP contribution in [0.5, 0.6) is 11.5 Å². The van der Waals surface area contributed by atoms with E-state index in [2.05, 4.69) is 15.4 Å². The maximum atomic E-state index is 13.3. The molecule has 7 nitrogen and oxygen atoms in total. The molecule has 2 aromatic carbocycles. The van der Waals surface area contributed by atoms with Gasteiger partial charge in [-0.25, -0.2) is 4.39 Å².